The molecule has 0 unspecified atom stereocenters. The summed E-state index contributed by atoms with van der Waals surface area (Å²) in [6.07, 6.45) is 0. The van der Waals surface area contributed by atoms with E-state index in [4.69, 9.17) is 0 Å². The Balaban J connectivity index is 1.16. The van der Waals surface area contributed by atoms with Crippen molar-refractivity contribution in [1.29, 1.82) is 0 Å². The van der Waals surface area contributed by atoms with Crippen molar-refractivity contribution in [3.8, 4) is 22.3 Å². The molecule has 47 heavy (non-hydrogen) atoms. The lowest BCUT2D eigenvalue weighted by Crippen LogP contribution is -2.03. The van der Waals surface area contributed by atoms with Crippen molar-refractivity contribution >= 4 is 65.4 Å². The van der Waals surface area contributed by atoms with Crippen LogP contribution < -0.4 is 0 Å². The van der Waals surface area contributed by atoms with Gasteiger partial charge in [-0.25, -0.2) is 0 Å². The van der Waals surface area contributed by atoms with Crippen LogP contribution in [0.5, 0.6) is 0 Å². The third-order valence-electron chi connectivity index (χ3n) is 9.91. The largest absolute Gasteiger partial charge is 0.355 e. The highest BCUT2D eigenvalue weighted by Gasteiger charge is 2.15. The molecule has 9 rings (SSSR count). The summed E-state index contributed by atoms with van der Waals surface area (Å²) in [4.78, 5) is 3.68. The summed E-state index contributed by atoms with van der Waals surface area (Å²) in [5.74, 6) is 1.16. The number of para-hydroxylation sites is 2. The highest BCUT2D eigenvalue weighted by Crippen LogP contribution is 2.38. The Morgan fingerprint density at radius 3 is 1.19 bits per heavy atom. The molecule has 0 atom stereocenters. The highest BCUT2D eigenvalue weighted by atomic mass is 15.0. The van der Waals surface area contributed by atoms with E-state index in [1.165, 1.54) is 87.7 Å². The molecule has 0 aliphatic rings. The number of benzene rings is 6. The Bertz CT molecular complexity index is 2460. The van der Waals surface area contributed by atoms with Gasteiger partial charge in [0.1, 0.15) is 0 Å². The van der Waals surface area contributed by atoms with E-state index in [2.05, 4.69) is 163 Å². The van der Waals surface area contributed by atoms with Gasteiger partial charge in [-0.1, -0.05) is 88.4 Å². The molecule has 0 aliphatic heterocycles. The van der Waals surface area contributed by atoms with E-state index >= 15 is 0 Å². The Kier molecular flexibility index (Phi) is 6.33. The lowest BCUT2D eigenvalue weighted by Gasteiger charge is -2.11. The number of H-pyrrole nitrogens is 1. The quantitative estimate of drug-likeness (QED) is 0.194. The zero-order valence-electron chi connectivity index (χ0n) is 27.5. The van der Waals surface area contributed by atoms with Crippen molar-refractivity contribution in [2.24, 2.45) is 11.8 Å². The van der Waals surface area contributed by atoms with Crippen molar-refractivity contribution in [3.05, 3.63) is 121 Å². The third kappa shape index (κ3) is 4.48. The first-order valence-electron chi connectivity index (χ1n) is 17.0. The van der Waals surface area contributed by atoms with Crippen molar-refractivity contribution in [1.82, 2.24) is 14.1 Å². The molecular weight excluding hydrogens is 571 g/mol. The number of hydrogen-bond acceptors (Lipinski definition) is 0. The molecule has 0 saturated carbocycles. The molecule has 9 aromatic rings. The molecule has 230 valence electrons. The predicted octanol–water partition coefficient (Wildman–Crippen LogP) is 12.2. The fraction of sp³-hybridized carbons (Fsp3) is 0.182. The Morgan fingerprint density at radius 1 is 0.404 bits per heavy atom. The van der Waals surface area contributed by atoms with Crippen LogP contribution in [0, 0.1) is 11.8 Å². The minimum Gasteiger partial charge on any atom is -0.355 e. The van der Waals surface area contributed by atoms with Crippen LogP contribution in [0.2, 0.25) is 0 Å². The maximum Gasteiger partial charge on any atom is 0.0491 e. The molecule has 0 aliphatic carbocycles. The first-order valence-corrected chi connectivity index (χ1v) is 17.0. The van der Waals surface area contributed by atoms with Gasteiger partial charge in [0.15, 0.2) is 0 Å². The van der Waals surface area contributed by atoms with Crippen LogP contribution in [0.4, 0.5) is 0 Å². The fourth-order valence-corrected chi connectivity index (χ4v) is 7.85. The van der Waals surface area contributed by atoms with Gasteiger partial charge in [0, 0.05) is 78.5 Å². The monoisotopic (exact) mass is 609 g/mol. The summed E-state index contributed by atoms with van der Waals surface area (Å²) < 4.78 is 4.98. The number of nitrogens with one attached hydrogen (secondary N) is 1. The molecule has 1 N–H and O–H groups in total. The molecule has 0 fully saturated rings. The second-order valence-electron chi connectivity index (χ2n) is 14.2. The topological polar surface area (TPSA) is 25.6 Å². The molecule has 6 aromatic carbocycles. The van der Waals surface area contributed by atoms with E-state index in [9.17, 15) is 0 Å². The Morgan fingerprint density at radius 2 is 0.766 bits per heavy atom. The number of rotatable bonds is 6. The van der Waals surface area contributed by atoms with Crippen molar-refractivity contribution in [3.63, 3.8) is 0 Å². The molecule has 0 bridgehead atoms. The Labute approximate surface area is 275 Å². The number of aromatic amines is 1. The van der Waals surface area contributed by atoms with Gasteiger partial charge < -0.3 is 14.1 Å². The number of aromatic nitrogens is 3. The van der Waals surface area contributed by atoms with Gasteiger partial charge in [-0.3, -0.25) is 0 Å². The van der Waals surface area contributed by atoms with Crippen LogP contribution in [0.1, 0.15) is 27.7 Å². The minimum atomic E-state index is 0.579. The summed E-state index contributed by atoms with van der Waals surface area (Å²) in [5, 5.41) is 7.82. The maximum atomic E-state index is 3.68. The lowest BCUT2D eigenvalue weighted by molar-refractivity contribution is 0.545. The predicted molar refractivity (Wildman–Crippen MR) is 202 cm³/mol. The van der Waals surface area contributed by atoms with E-state index in [0.29, 0.717) is 11.8 Å². The Hall–Kier alpha value is -5.28. The molecular formula is C44H39N3. The summed E-state index contributed by atoms with van der Waals surface area (Å²) in [7, 11) is 0. The van der Waals surface area contributed by atoms with Crippen LogP contribution >= 0.6 is 0 Å². The standard InChI is InChI=1S/C44H39N3/c1-27(2)25-46-41-11-7-5-9-33(41)37-23-31(15-19-43(37)46)29-13-17-39-35(21-29)36-22-30(14-18-40(36)45-39)32-16-20-44-38(24-32)34-10-6-8-12-42(34)47(44)26-28(3)4/h5-24,27-28,45H,25-26H2,1-4H3. The smallest absolute Gasteiger partial charge is 0.0491 e. The van der Waals surface area contributed by atoms with Gasteiger partial charge in [-0.2, -0.15) is 0 Å². The van der Waals surface area contributed by atoms with E-state index in [1.54, 1.807) is 0 Å². The lowest BCUT2D eigenvalue weighted by atomic mass is 9.98. The van der Waals surface area contributed by atoms with Crippen molar-refractivity contribution < 1.29 is 0 Å². The van der Waals surface area contributed by atoms with Crippen LogP contribution in [0.3, 0.4) is 0 Å². The third-order valence-corrected chi connectivity index (χ3v) is 9.91. The first-order chi connectivity index (χ1) is 22.9. The van der Waals surface area contributed by atoms with Crippen LogP contribution in [0.25, 0.3) is 87.7 Å². The summed E-state index contributed by atoms with van der Waals surface area (Å²) in [5.41, 5.74) is 12.6. The molecule has 3 heteroatoms. The van der Waals surface area contributed by atoms with Gasteiger partial charge in [-0.15, -0.1) is 0 Å². The highest BCUT2D eigenvalue weighted by molar-refractivity contribution is 6.13. The van der Waals surface area contributed by atoms with Crippen LogP contribution in [0.15, 0.2) is 121 Å². The molecule has 0 amide bonds. The van der Waals surface area contributed by atoms with Crippen LogP contribution in [-0.2, 0) is 13.1 Å². The van der Waals surface area contributed by atoms with Gasteiger partial charge in [0.2, 0.25) is 0 Å². The van der Waals surface area contributed by atoms with Crippen molar-refractivity contribution in [2.45, 2.75) is 40.8 Å². The van der Waals surface area contributed by atoms with Gasteiger partial charge >= 0.3 is 0 Å². The average Bonchev–Trinajstić information content (AvgIpc) is 3.71. The average molecular weight is 610 g/mol. The van der Waals surface area contributed by atoms with E-state index in [-0.39, 0.29) is 0 Å². The molecule has 3 aromatic heterocycles. The molecule has 0 saturated heterocycles. The number of hydrogen-bond donors (Lipinski definition) is 1. The van der Waals surface area contributed by atoms with E-state index in [1.807, 2.05) is 0 Å². The molecule has 0 spiro atoms. The zero-order valence-corrected chi connectivity index (χ0v) is 27.5. The summed E-state index contributed by atoms with van der Waals surface area (Å²) in [6, 6.07) is 45.4. The number of fused-ring (bicyclic) bond motifs is 9. The fourth-order valence-electron chi connectivity index (χ4n) is 7.85. The van der Waals surface area contributed by atoms with Gasteiger partial charge in [-0.05, 0) is 94.8 Å². The summed E-state index contributed by atoms with van der Waals surface area (Å²) in [6.45, 7) is 11.2. The minimum absolute atomic E-state index is 0.579. The van der Waals surface area contributed by atoms with E-state index in [0.717, 1.165) is 13.1 Å². The van der Waals surface area contributed by atoms with Gasteiger partial charge in [0.25, 0.3) is 0 Å². The normalized spacial score (nSPS) is 12.4. The maximum absolute atomic E-state index is 3.68. The van der Waals surface area contributed by atoms with Crippen molar-refractivity contribution in [2.75, 3.05) is 0 Å². The second-order valence-corrected chi connectivity index (χ2v) is 14.2. The zero-order chi connectivity index (χ0) is 31.8. The van der Waals surface area contributed by atoms with Gasteiger partial charge in [0.05, 0.1) is 0 Å². The number of nitrogens with zero attached hydrogens (tertiary/aromatic N) is 2. The SMILES string of the molecule is CC(C)Cn1c2ccccc2c2cc(-c3ccc4[nH]c5ccc(-c6ccc7c(c6)c6ccccc6n7CC(C)C)cc5c4c3)ccc21. The van der Waals surface area contributed by atoms with E-state index < -0.39 is 0 Å². The molecule has 0 radical (unpaired) electrons. The molecule has 3 nitrogen and oxygen atoms in total. The second kappa shape index (κ2) is 10.6. The first kappa shape index (κ1) is 28.0. The van der Waals surface area contributed by atoms with Crippen LogP contribution in [-0.4, -0.2) is 14.1 Å². The summed E-state index contributed by atoms with van der Waals surface area (Å²) >= 11 is 0. The molecule has 3 heterocycles.